The van der Waals surface area contributed by atoms with E-state index in [1.165, 1.54) is 31.2 Å². The van der Waals surface area contributed by atoms with Gasteiger partial charge in [0.15, 0.2) is 5.78 Å². The van der Waals surface area contributed by atoms with Crippen LogP contribution in [0, 0.1) is 0 Å². The average molecular weight is 214 g/mol. The minimum absolute atomic E-state index is 0.110. The molecule has 0 amide bonds. The molecule has 0 aromatic heterocycles. The van der Waals surface area contributed by atoms with Crippen molar-refractivity contribution >= 4 is 11.9 Å². The van der Waals surface area contributed by atoms with Crippen LogP contribution in [0.3, 0.4) is 0 Å². The number of hydrogen-bond acceptors (Lipinski definition) is 1. The van der Waals surface area contributed by atoms with Gasteiger partial charge in [0.2, 0.25) is 0 Å². The topological polar surface area (TPSA) is 17.1 Å². The summed E-state index contributed by atoms with van der Waals surface area (Å²) in [6.45, 7) is 1.40. The SMILES string of the molecule is CC(=O)c1ccc(/C=C/C(F)(F)F)cc1. The summed E-state index contributed by atoms with van der Waals surface area (Å²) in [6.07, 6.45) is -3.18. The van der Waals surface area contributed by atoms with Gasteiger partial charge in [-0.25, -0.2) is 0 Å². The number of carbonyl (C=O) groups excluding carboxylic acids is 1. The summed E-state index contributed by atoms with van der Waals surface area (Å²) in [5.41, 5.74) is 0.900. The normalized spacial score (nSPS) is 12.0. The number of alkyl halides is 3. The summed E-state index contributed by atoms with van der Waals surface area (Å²) >= 11 is 0. The number of Topliss-reactive ketones (excluding diaryl/α,β-unsaturated/α-hetero) is 1. The quantitative estimate of drug-likeness (QED) is 0.689. The van der Waals surface area contributed by atoms with E-state index in [0.29, 0.717) is 11.1 Å². The van der Waals surface area contributed by atoms with Gasteiger partial charge in [-0.2, -0.15) is 13.2 Å². The van der Waals surface area contributed by atoms with E-state index in [9.17, 15) is 18.0 Å². The summed E-state index contributed by atoms with van der Waals surface area (Å²) in [7, 11) is 0. The third-order valence-electron chi connectivity index (χ3n) is 1.78. The van der Waals surface area contributed by atoms with E-state index in [1.807, 2.05) is 0 Å². The van der Waals surface area contributed by atoms with Crippen molar-refractivity contribution in [2.45, 2.75) is 13.1 Å². The van der Waals surface area contributed by atoms with Gasteiger partial charge >= 0.3 is 6.18 Å². The highest BCUT2D eigenvalue weighted by atomic mass is 19.4. The van der Waals surface area contributed by atoms with Gasteiger partial charge in [-0.3, -0.25) is 4.79 Å². The van der Waals surface area contributed by atoms with Crippen LogP contribution in [0.2, 0.25) is 0 Å². The molecule has 1 rings (SSSR count). The lowest BCUT2D eigenvalue weighted by Crippen LogP contribution is -2.00. The van der Waals surface area contributed by atoms with Crippen molar-refractivity contribution in [2.24, 2.45) is 0 Å². The molecule has 0 radical (unpaired) electrons. The van der Waals surface area contributed by atoms with Gasteiger partial charge in [0.25, 0.3) is 0 Å². The Morgan fingerprint density at radius 3 is 2.13 bits per heavy atom. The Balaban J connectivity index is 2.82. The first kappa shape index (κ1) is 11.5. The second-order valence-corrected chi connectivity index (χ2v) is 3.05. The van der Waals surface area contributed by atoms with E-state index < -0.39 is 6.18 Å². The molecule has 15 heavy (non-hydrogen) atoms. The Bertz CT molecular complexity index is 374. The molecule has 0 saturated carbocycles. The molecule has 0 aliphatic heterocycles. The lowest BCUT2D eigenvalue weighted by molar-refractivity contribution is -0.0790. The molecule has 0 atom stereocenters. The maximum atomic E-state index is 11.8. The molecule has 0 spiro atoms. The highest BCUT2D eigenvalue weighted by Crippen LogP contribution is 2.18. The first-order chi connectivity index (χ1) is 6.88. The van der Waals surface area contributed by atoms with E-state index in [4.69, 9.17) is 0 Å². The fourth-order valence-electron chi connectivity index (χ4n) is 1.02. The Hall–Kier alpha value is -1.58. The molecule has 0 fully saturated rings. The van der Waals surface area contributed by atoms with Crippen LogP contribution in [-0.2, 0) is 0 Å². The molecular formula is C11H9F3O. The molecule has 1 aromatic carbocycles. The number of ketones is 1. The first-order valence-corrected chi connectivity index (χ1v) is 4.25. The molecule has 0 heterocycles. The Labute approximate surface area is 85.2 Å². The van der Waals surface area contributed by atoms with Gasteiger partial charge in [-0.05, 0) is 12.5 Å². The molecule has 0 aliphatic carbocycles. The third-order valence-corrected chi connectivity index (χ3v) is 1.78. The summed E-state index contributed by atoms with van der Waals surface area (Å²) in [4.78, 5) is 10.9. The number of halogens is 3. The summed E-state index contributed by atoms with van der Waals surface area (Å²) in [5, 5.41) is 0. The summed E-state index contributed by atoms with van der Waals surface area (Å²) in [6, 6.07) is 5.94. The van der Waals surface area contributed by atoms with Gasteiger partial charge in [-0.15, -0.1) is 0 Å². The van der Waals surface area contributed by atoms with Crippen LogP contribution in [0.15, 0.2) is 30.3 Å². The Kier molecular flexibility index (Phi) is 3.29. The van der Waals surface area contributed by atoms with Gasteiger partial charge in [0.05, 0.1) is 0 Å². The largest absolute Gasteiger partial charge is 0.409 e. The number of rotatable bonds is 2. The monoisotopic (exact) mass is 214 g/mol. The zero-order chi connectivity index (χ0) is 11.5. The molecule has 0 aliphatic rings. The van der Waals surface area contributed by atoms with Crippen molar-refractivity contribution in [3.8, 4) is 0 Å². The van der Waals surface area contributed by atoms with Crippen molar-refractivity contribution in [1.82, 2.24) is 0 Å². The maximum Gasteiger partial charge on any atom is 0.409 e. The van der Waals surface area contributed by atoms with E-state index in [2.05, 4.69) is 0 Å². The second kappa shape index (κ2) is 4.29. The Morgan fingerprint density at radius 2 is 1.73 bits per heavy atom. The van der Waals surface area contributed by atoms with Crippen molar-refractivity contribution in [3.63, 3.8) is 0 Å². The van der Waals surface area contributed by atoms with Gasteiger partial charge < -0.3 is 0 Å². The molecule has 0 unspecified atom stereocenters. The predicted octanol–water partition coefficient (Wildman–Crippen LogP) is 3.46. The van der Waals surface area contributed by atoms with Gasteiger partial charge in [0, 0.05) is 11.6 Å². The lowest BCUT2D eigenvalue weighted by atomic mass is 10.1. The molecule has 80 valence electrons. The molecule has 0 N–H and O–H groups in total. The van der Waals surface area contributed by atoms with Crippen LogP contribution < -0.4 is 0 Å². The lowest BCUT2D eigenvalue weighted by Gasteiger charge is -1.99. The minimum Gasteiger partial charge on any atom is -0.295 e. The van der Waals surface area contributed by atoms with Gasteiger partial charge in [0.1, 0.15) is 0 Å². The zero-order valence-corrected chi connectivity index (χ0v) is 8.01. The van der Waals surface area contributed by atoms with Crippen molar-refractivity contribution < 1.29 is 18.0 Å². The van der Waals surface area contributed by atoms with Crippen LogP contribution in [0.4, 0.5) is 13.2 Å². The first-order valence-electron chi connectivity index (χ1n) is 4.25. The second-order valence-electron chi connectivity index (χ2n) is 3.05. The van der Waals surface area contributed by atoms with Crippen molar-refractivity contribution in [2.75, 3.05) is 0 Å². The summed E-state index contributed by atoms with van der Waals surface area (Å²) in [5.74, 6) is -0.110. The van der Waals surface area contributed by atoms with Crippen molar-refractivity contribution in [3.05, 3.63) is 41.5 Å². The fraction of sp³-hybridized carbons (Fsp3) is 0.182. The highest BCUT2D eigenvalue weighted by molar-refractivity contribution is 5.94. The molecule has 4 heteroatoms. The molecule has 0 saturated heterocycles. The minimum atomic E-state index is -4.31. The fourth-order valence-corrected chi connectivity index (χ4v) is 1.02. The Morgan fingerprint density at radius 1 is 1.20 bits per heavy atom. The third kappa shape index (κ3) is 3.97. The van der Waals surface area contributed by atoms with Crippen LogP contribution in [0.1, 0.15) is 22.8 Å². The number of hydrogen-bond donors (Lipinski definition) is 0. The number of allylic oxidation sites excluding steroid dienone is 1. The van der Waals surface area contributed by atoms with E-state index >= 15 is 0 Å². The number of benzene rings is 1. The molecule has 1 aromatic rings. The maximum absolute atomic E-state index is 11.8. The predicted molar refractivity (Wildman–Crippen MR) is 51.5 cm³/mol. The van der Waals surface area contributed by atoms with Crippen LogP contribution in [0.5, 0.6) is 0 Å². The van der Waals surface area contributed by atoms with E-state index in [-0.39, 0.29) is 11.9 Å². The standard InChI is InChI=1S/C11H9F3O/c1-8(15)10-4-2-9(3-5-10)6-7-11(12,13)14/h2-7H,1H3/b7-6+. The van der Waals surface area contributed by atoms with Crippen molar-refractivity contribution in [1.29, 1.82) is 0 Å². The van der Waals surface area contributed by atoms with Gasteiger partial charge in [-0.1, -0.05) is 30.3 Å². The number of carbonyl (C=O) groups is 1. The zero-order valence-electron chi connectivity index (χ0n) is 8.01. The highest BCUT2D eigenvalue weighted by Gasteiger charge is 2.21. The van der Waals surface area contributed by atoms with E-state index in [0.717, 1.165) is 6.08 Å². The summed E-state index contributed by atoms with van der Waals surface area (Å²) < 4.78 is 35.4. The molecular weight excluding hydrogens is 205 g/mol. The van der Waals surface area contributed by atoms with Crippen LogP contribution in [0.25, 0.3) is 6.08 Å². The molecule has 1 nitrogen and oxygen atoms in total. The average Bonchev–Trinajstić information content (AvgIpc) is 2.14. The van der Waals surface area contributed by atoms with Crippen LogP contribution >= 0.6 is 0 Å². The van der Waals surface area contributed by atoms with Crippen LogP contribution in [-0.4, -0.2) is 12.0 Å². The molecule has 0 bridgehead atoms. The van der Waals surface area contributed by atoms with E-state index in [1.54, 1.807) is 0 Å². The smallest absolute Gasteiger partial charge is 0.295 e.